The van der Waals surface area contributed by atoms with Gasteiger partial charge in [-0.3, -0.25) is 4.98 Å². The van der Waals surface area contributed by atoms with Gasteiger partial charge in [0.1, 0.15) is 0 Å². The van der Waals surface area contributed by atoms with E-state index in [1.165, 1.54) is 32.3 Å². The van der Waals surface area contributed by atoms with Crippen LogP contribution >= 0.6 is 11.6 Å². The maximum atomic E-state index is 6.41. The van der Waals surface area contributed by atoms with Crippen molar-refractivity contribution in [2.24, 2.45) is 0 Å². The molecule has 0 radical (unpaired) electrons. The molecule has 0 N–H and O–H groups in total. The van der Waals surface area contributed by atoms with Crippen LogP contribution in [0.4, 0.5) is 0 Å². The number of fused-ring (bicyclic) bond motifs is 7. The van der Waals surface area contributed by atoms with E-state index in [2.05, 4.69) is 77.8 Å². The van der Waals surface area contributed by atoms with Gasteiger partial charge in [0.05, 0.1) is 5.52 Å². The molecule has 1 nitrogen and oxygen atoms in total. The van der Waals surface area contributed by atoms with Crippen molar-refractivity contribution in [2.45, 2.75) is 0 Å². The van der Waals surface area contributed by atoms with Crippen LogP contribution in [0.1, 0.15) is 0 Å². The van der Waals surface area contributed by atoms with Crippen LogP contribution in [0.15, 0.2) is 97.2 Å². The predicted octanol–water partition coefficient (Wildman–Crippen LogP) is 8.01. The largest absolute Gasteiger partial charge is 0.256 e. The number of hydrogen-bond donors (Lipinski definition) is 0. The van der Waals surface area contributed by atoms with Crippen molar-refractivity contribution < 1.29 is 0 Å². The molecule has 0 unspecified atom stereocenters. The molecular weight excluding hydrogens is 374 g/mol. The number of rotatable bonds is 1. The molecule has 29 heavy (non-hydrogen) atoms. The molecule has 1 aromatic heterocycles. The Bertz CT molecular complexity index is 1530. The fraction of sp³-hybridized carbons (Fsp3) is 0. The van der Waals surface area contributed by atoms with E-state index in [9.17, 15) is 0 Å². The van der Waals surface area contributed by atoms with Crippen LogP contribution in [0.25, 0.3) is 54.3 Å². The van der Waals surface area contributed by atoms with E-state index in [0.717, 1.165) is 27.1 Å². The summed E-state index contributed by atoms with van der Waals surface area (Å²) in [6.45, 7) is 0. The fourth-order valence-electron chi connectivity index (χ4n) is 4.36. The summed E-state index contributed by atoms with van der Waals surface area (Å²) < 4.78 is 0. The Kier molecular flexibility index (Phi) is 3.59. The molecule has 0 saturated carbocycles. The van der Waals surface area contributed by atoms with Gasteiger partial charge in [-0.1, -0.05) is 78.3 Å². The summed E-state index contributed by atoms with van der Waals surface area (Å²) in [5, 5.41) is 9.38. The maximum Gasteiger partial charge on any atom is 0.0717 e. The lowest BCUT2D eigenvalue weighted by atomic mass is 9.92. The van der Waals surface area contributed by atoms with Crippen molar-refractivity contribution in [3.63, 3.8) is 0 Å². The van der Waals surface area contributed by atoms with E-state index in [4.69, 9.17) is 11.6 Å². The third-order valence-electron chi connectivity index (χ3n) is 5.75. The number of halogens is 1. The molecule has 0 saturated heterocycles. The molecule has 6 rings (SSSR count). The molecule has 0 bridgehead atoms. The molecule has 0 fully saturated rings. The van der Waals surface area contributed by atoms with Crippen molar-refractivity contribution in [1.29, 1.82) is 0 Å². The zero-order chi connectivity index (χ0) is 19.4. The SMILES string of the molecule is Clc1cccc2ncc(-c3ccc4c5ccccc5c5ccccc5c4c3)cc12. The van der Waals surface area contributed by atoms with Gasteiger partial charge in [-0.05, 0) is 62.1 Å². The Hall–Kier alpha value is -3.42. The molecule has 0 atom stereocenters. The molecule has 0 aliphatic carbocycles. The van der Waals surface area contributed by atoms with Crippen molar-refractivity contribution in [1.82, 2.24) is 4.98 Å². The standard InChI is InChI=1S/C27H16ClN/c28-26-10-5-11-27-25(26)15-18(16-29-27)17-12-13-23-21-8-2-1-6-19(21)20-7-3-4-9-22(20)24(23)14-17/h1-16H. The van der Waals surface area contributed by atoms with E-state index in [0.29, 0.717) is 0 Å². The first kappa shape index (κ1) is 16.5. The van der Waals surface area contributed by atoms with Crippen LogP contribution in [0.3, 0.4) is 0 Å². The summed E-state index contributed by atoms with van der Waals surface area (Å²) in [7, 11) is 0. The van der Waals surface area contributed by atoms with Crippen LogP contribution in [0.5, 0.6) is 0 Å². The minimum Gasteiger partial charge on any atom is -0.256 e. The van der Waals surface area contributed by atoms with Gasteiger partial charge in [0, 0.05) is 22.2 Å². The minimum absolute atomic E-state index is 0.731. The first-order valence-electron chi connectivity index (χ1n) is 9.67. The van der Waals surface area contributed by atoms with E-state index in [1.807, 2.05) is 24.4 Å². The second-order valence-electron chi connectivity index (χ2n) is 7.38. The monoisotopic (exact) mass is 389 g/mol. The zero-order valence-electron chi connectivity index (χ0n) is 15.6. The van der Waals surface area contributed by atoms with E-state index < -0.39 is 0 Å². The molecule has 2 heteroatoms. The van der Waals surface area contributed by atoms with Gasteiger partial charge in [-0.25, -0.2) is 0 Å². The molecule has 0 aliphatic rings. The number of benzene rings is 5. The highest BCUT2D eigenvalue weighted by Gasteiger charge is 2.10. The third kappa shape index (κ3) is 2.52. The predicted molar refractivity (Wildman–Crippen MR) is 125 cm³/mol. The Morgan fingerprint density at radius 3 is 1.76 bits per heavy atom. The Morgan fingerprint density at radius 2 is 1.07 bits per heavy atom. The van der Waals surface area contributed by atoms with Crippen LogP contribution in [-0.4, -0.2) is 4.98 Å². The van der Waals surface area contributed by atoms with E-state index in [1.54, 1.807) is 0 Å². The van der Waals surface area contributed by atoms with Crippen LogP contribution in [0, 0.1) is 0 Å². The second-order valence-corrected chi connectivity index (χ2v) is 7.79. The molecule has 0 amide bonds. The number of aromatic nitrogens is 1. The lowest BCUT2D eigenvalue weighted by Crippen LogP contribution is -1.86. The first-order valence-corrected chi connectivity index (χ1v) is 10.1. The summed E-state index contributed by atoms with van der Waals surface area (Å²) in [6, 6.07) is 32.0. The first-order chi connectivity index (χ1) is 14.3. The van der Waals surface area contributed by atoms with Crippen molar-refractivity contribution in [2.75, 3.05) is 0 Å². The lowest BCUT2D eigenvalue weighted by molar-refractivity contribution is 1.41. The number of nitrogens with zero attached hydrogens (tertiary/aromatic N) is 1. The van der Waals surface area contributed by atoms with E-state index >= 15 is 0 Å². The summed E-state index contributed by atoms with van der Waals surface area (Å²) in [5.74, 6) is 0. The highest BCUT2D eigenvalue weighted by atomic mass is 35.5. The summed E-state index contributed by atoms with van der Waals surface area (Å²) in [6.07, 6.45) is 1.93. The molecule has 1 heterocycles. The number of pyridine rings is 1. The van der Waals surface area contributed by atoms with Gasteiger partial charge < -0.3 is 0 Å². The lowest BCUT2D eigenvalue weighted by Gasteiger charge is -2.12. The molecule has 136 valence electrons. The Labute approximate surface area is 173 Å². The average Bonchev–Trinajstić information content (AvgIpc) is 2.79. The fourth-order valence-corrected chi connectivity index (χ4v) is 4.58. The second kappa shape index (κ2) is 6.30. The Balaban J connectivity index is 1.69. The van der Waals surface area contributed by atoms with E-state index in [-0.39, 0.29) is 0 Å². The summed E-state index contributed by atoms with van der Waals surface area (Å²) >= 11 is 6.41. The van der Waals surface area contributed by atoms with Crippen LogP contribution < -0.4 is 0 Å². The minimum atomic E-state index is 0.731. The third-order valence-corrected chi connectivity index (χ3v) is 6.08. The van der Waals surface area contributed by atoms with Gasteiger partial charge in [-0.15, -0.1) is 0 Å². The number of hydrogen-bond acceptors (Lipinski definition) is 1. The Morgan fingerprint density at radius 1 is 0.483 bits per heavy atom. The van der Waals surface area contributed by atoms with Gasteiger partial charge in [0.25, 0.3) is 0 Å². The normalized spacial score (nSPS) is 11.6. The molecular formula is C27H16ClN. The van der Waals surface area contributed by atoms with Crippen LogP contribution in [-0.2, 0) is 0 Å². The molecule has 0 spiro atoms. The molecule has 5 aromatic carbocycles. The topological polar surface area (TPSA) is 12.9 Å². The quantitative estimate of drug-likeness (QED) is 0.259. The van der Waals surface area contributed by atoms with Crippen molar-refractivity contribution in [3.8, 4) is 11.1 Å². The highest BCUT2D eigenvalue weighted by Crippen LogP contribution is 2.37. The van der Waals surface area contributed by atoms with Crippen molar-refractivity contribution in [3.05, 3.63) is 102 Å². The summed E-state index contributed by atoms with van der Waals surface area (Å²) in [4.78, 5) is 4.63. The molecule has 0 aliphatic heterocycles. The van der Waals surface area contributed by atoms with Gasteiger partial charge >= 0.3 is 0 Å². The van der Waals surface area contributed by atoms with Crippen molar-refractivity contribution >= 4 is 54.8 Å². The molecule has 6 aromatic rings. The summed E-state index contributed by atoms with van der Waals surface area (Å²) in [5.41, 5.74) is 3.13. The van der Waals surface area contributed by atoms with Crippen LogP contribution in [0.2, 0.25) is 5.02 Å². The average molecular weight is 390 g/mol. The highest BCUT2D eigenvalue weighted by molar-refractivity contribution is 6.35. The zero-order valence-corrected chi connectivity index (χ0v) is 16.3. The maximum absolute atomic E-state index is 6.41. The van der Waals surface area contributed by atoms with Gasteiger partial charge in [-0.2, -0.15) is 0 Å². The van der Waals surface area contributed by atoms with Gasteiger partial charge in [0.15, 0.2) is 0 Å². The van der Waals surface area contributed by atoms with Gasteiger partial charge in [0.2, 0.25) is 0 Å². The smallest absolute Gasteiger partial charge is 0.0717 e.